The van der Waals surface area contributed by atoms with Crippen LogP contribution in [-0.4, -0.2) is 60.0 Å². The molecule has 1 saturated heterocycles. The molecule has 0 spiro atoms. The summed E-state index contributed by atoms with van der Waals surface area (Å²) in [6, 6.07) is 0. The third-order valence-corrected chi connectivity index (χ3v) is 6.41. The predicted molar refractivity (Wildman–Crippen MR) is 134 cm³/mol. The van der Waals surface area contributed by atoms with Gasteiger partial charge in [0.1, 0.15) is 5.67 Å². The molecule has 2 fully saturated rings. The second-order valence-corrected chi connectivity index (χ2v) is 9.35. The summed E-state index contributed by atoms with van der Waals surface area (Å²) >= 11 is 0. The van der Waals surface area contributed by atoms with Crippen LogP contribution >= 0.6 is 0 Å². The maximum absolute atomic E-state index is 13.8. The Morgan fingerprint density at radius 3 is 2.40 bits per heavy atom. The van der Waals surface area contributed by atoms with E-state index in [0.29, 0.717) is 57.5 Å². The smallest absolute Gasteiger partial charge is 0.392 e. The molecule has 2 aliphatic rings. The number of hydrogen-bond donors (Lipinski definition) is 2. The number of carbonyl (C=O) groups is 1. The number of likely N-dealkylation sites (tertiary alicyclic amines) is 1. The highest BCUT2D eigenvalue weighted by Crippen LogP contribution is 2.34. The Hall–Kier alpha value is -1.85. The summed E-state index contributed by atoms with van der Waals surface area (Å²) in [5, 5.41) is 13.1. The average Bonchev–Trinajstić information content (AvgIpc) is 3.25. The summed E-state index contributed by atoms with van der Waals surface area (Å²) in [6.45, 7) is 9.22. The molecule has 2 atom stereocenters. The maximum Gasteiger partial charge on any atom is 0.412 e. The van der Waals surface area contributed by atoms with Gasteiger partial charge in [0, 0.05) is 31.1 Å². The van der Waals surface area contributed by atoms with Crippen LogP contribution in [0, 0.1) is 24.7 Å². The zero-order valence-corrected chi connectivity index (χ0v) is 21.7. The lowest BCUT2D eigenvalue weighted by atomic mass is 9.80. The first kappa shape index (κ1) is 33.1. The van der Waals surface area contributed by atoms with Crippen LogP contribution in [-0.2, 0) is 4.79 Å². The quantitative estimate of drug-likeness (QED) is 0.236. The maximum atomic E-state index is 13.8. The number of hydrogen-bond acceptors (Lipinski definition) is 3. The Kier molecular flexibility index (Phi) is 15.9. The van der Waals surface area contributed by atoms with Gasteiger partial charge in [-0.05, 0) is 71.3 Å². The molecule has 1 amide bonds. The average molecular weight is 505 g/mol. The standard InChI is InChI=1S/C23H36F4N2O2.C2H6.C2H2/c1-17(23(25,26)27)5-3-4-6-18-10-14-29(15-18)16-20(30)9-13-28-21(31)19-7-11-22(2,24)12-8-19;2*1-2/h3-5,18-20,30H,6-16H2,1-2H3,(H,28,31);1-2H3;1-2H/b4-3-,17-5+;;. The largest absolute Gasteiger partial charge is 0.412 e. The first-order valence-electron chi connectivity index (χ1n) is 12.6. The molecule has 1 aliphatic heterocycles. The number of nitrogens with zero attached hydrogens (tertiary/aromatic N) is 1. The highest BCUT2D eigenvalue weighted by atomic mass is 19.4. The molecule has 0 aromatic rings. The van der Waals surface area contributed by atoms with E-state index in [4.69, 9.17) is 0 Å². The minimum Gasteiger partial charge on any atom is -0.392 e. The van der Waals surface area contributed by atoms with Crippen molar-refractivity contribution >= 4 is 5.91 Å². The van der Waals surface area contributed by atoms with E-state index in [1.165, 1.54) is 6.08 Å². The second-order valence-electron chi connectivity index (χ2n) is 9.35. The van der Waals surface area contributed by atoms with E-state index in [1.807, 2.05) is 13.8 Å². The highest BCUT2D eigenvalue weighted by Gasteiger charge is 2.33. The Labute approximate surface area is 209 Å². The van der Waals surface area contributed by atoms with Crippen molar-refractivity contribution in [1.29, 1.82) is 0 Å². The van der Waals surface area contributed by atoms with Crippen LogP contribution in [0.1, 0.15) is 72.6 Å². The van der Waals surface area contributed by atoms with Gasteiger partial charge in [0.15, 0.2) is 0 Å². The van der Waals surface area contributed by atoms with Gasteiger partial charge in [-0.15, -0.1) is 12.8 Å². The van der Waals surface area contributed by atoms with Crippen LogP contribution in [0.5, 0.6) is 0 Å². The van der Waals surface area contributed by atoms with E-state index in [2.05, 4.69) is 23.1 Å². The molecule has 0 aromatic heterocycles. The molecule has 2 N–H and O–H groups in total. The molecule has 1 heterocycles. The minimum absolute atomic E-state index is 0.0504. The molecular formula is C27H44F4N2O2. The normalized spacial score (nSPS) is 26.3. The van der Waals surface area contributed by atoms with Crippen LogP contribution in [0.15, 0.2) is 23.8 Å². The topological polar surface area (TPSA) is 52.6 Å². The van der Waals surface area contributed by atoms with E-state index in [1.54, 1.807) is 13.0 Å². The molecule has 1 saturated carbocycles. The van der Waals surface area contributed by atoms with Crippen LogP contribution in [0.25, 0.3) is 0 Å². The van der Waals surface area contributed by atoms with Crippen LogP contribution in [0.3, 0.4) is 0 Å². The van der Waals surface area contributed by atoms with Gasteiger partial charge >= 0.3 is 6.18 Å². The fourth-order valence-electron chi connectivity index (χ4n) is 4.23. The molecule has 0 bridgehead atoms. The van der Waals surface area contributed by atoms with E-state index >= 15 is 0 Å². The van der Waals surface area contributed by atoms with Crippen LogP contribution < -0.4 is 5.32 Å². The molecule has 8 heteroatoms. The van der Waals surface area contributed by atoms with Crippen molar-refractivity contribution in [3.8, 4) is 12.8 Å². The minimum atomic E-state index is -4.28. The van der Waals surface area contributed by atoms with Gasteiger partial charge in [-0.25, -0.2) is 4.39 Å². The Bertz CT molecular complexity index is 676. The van der Waals surface area contributed by atoms with Crippen molar-refractivity contribution in [2.45, 2.75) is 90.6 Å². The number of alkyl halides is 4. The van der Waals surface area contributed by atoms with E-state index in [-0.39, 0.29) is 11.8 Å². The Balaban J connectivity index is 0.00000274. The summed E-state index contributed by atoms with van der Waals surface area (Å²) in [7, 11) is 0. The monoisotopic (exact) mass is 504 g/mol. The van der Waals surface area contributed by atoms with Gasteiger partial charge in [0.25, 0.3) is 0 Å². The van der Waals surface area contributed by atoms with Crippen molar-refractivity contribution in [3.63, 3.8) is 0 Å². The van der Waals surface area contributed by atoms with E-state index in [0.717, 1.165) is 32.5 Å². The van der Waals surface area contributed by atoms with Crippen molar-refractivity contribution in [3.05, 3.63) is 23.8 Å². The molecule has 0 radical (unpaired) electrons. The first-order valence-corrected chi connectivity index (χ1v) is 12.6. The van der Waals surface area contributed by atoms with Crippen molar-refractivity contribution in [2.75, 3.05) is 26.2 Å². The number of carbonyl (C=O) groups excluding carboxylic acids is 1. The van der Waals surface area contributed by atoms with Gasteiger partial charge in [-0.2, -0.15) is 13.2 Å². The lowest BCUT2D eigenvalue weighted by molar-refractivity contribution is -0.126. The highest BCUT2D eigenvalue weighted by molar-refractivity contribution is 5.78. The van der Waals surface area contributed by atoms with Gasteiger partial charge < -0.3 is 15.3 Å². The number of β-amino-alcohol motifs (C(OH)–C–C–N with tert-alkyl or cyclic N) is 1. The molecule has 1 aliphatic carbocycles. The molecule has 2 rings (SSSR count). The number of aliphatic hydroxyl groups is 1. The van der Waals surface area contributed by atoms with Gasteiger partial charge in [0.05, 0.1) is 6.10 Å². The molecule has 4 nitrogen and oxygen atoms in total. The Morgan fingerprint density at radius 2 is 1.83 bits per heavy atom. The van der Waals surface area contributed by atoms with Gasteiger partial charge in [-0.3, -0.25) is 4.79 Å². The number of rotatable bonds is 9. The molecule has 35 heavy (non-hydrogen) atoms. The van der Waals surface area contributed by atoms with Gasteiger partial charge in [0.2, 0.25) is 5.91 Å². The van der Waals surface area contributed by atoms with Gasteiger partial charge in [-0.1, -0.05) is 32.1 Å². The van der Waals surface area contributed by atoms with Crippen LogP contribution in [0.2, 0.25) is 0 Å². The fourth-order valence-corrected chi connectivity index (χ4v) is 4.23. The fraction of sp³-hybridized carbons (Fsp3) is 0.741. The van der Waals surface area contributed by atoms with E-state index < -0.39 is 23.5 Å². The number of nitrogens with one attached hydrogen (secondary N) is 1. The summed E-state index contributed by atoms with van der Waals surface area (Å²) < 4.78 is 51.1. The number of aliphatic hydroxyl groups excluding tert-OH is 1. The third kappa shape index (κ3) is 13.7. The first-order chi connectivity index (χ1) is 16.5. The SMILES string of the molecule is C#C.C/C(=C\C=C/CC1CCN(CC(O)CCNC(=O)C2CCC(C)(F)CC2)C1)C(F)(F)F.CC. The predicted octanol–water partition coefficient (Wildman–Crippen LogP) is 5.82. The summed E-state index contributed by atoms with van der Waals surface area (Å²) in [6.07, 6.45) is 11.6. The van der Waals surface area contributed by atoms with Crippen molar-refractivity contribution in [2.24, 2.45) is 11.8 Å². The lowest BCUT2D eigenvalue weighted by Crippen LogP contribution is -2.38. The molecule has 202 valence electrons. The summed E-state index contributed by atoms with van der Waals surface area (Å²) in [4.78, 5) is 14.4. The molecule has 0 aromatic carbocycles. The second kappa shape index (κ2) is 16.8. The zero-order valence-electron chi connectivity index (χ0n) is 21.7. The number of terminal acetylenes is 1. The lowest BCUT2D eigenvalue weighted by Gasteiger charge is -2.30. The van der Waals surface area contributed by atoms with E-state index in [9.17, 15) is 27.5 Å². The Morgan fingerprint density at radius 1 is 1.23 bits per heavy atom. The molecule has 2 unspecified atom stereocenters. The van der Waals surface area contributed by atoms with Crippen molar-refractivity contribution in [1.82, 2.24) is 10.2 Å². The number of amides is 1. The molecular weight excluding hydrogens is 460 g/mol. The summed E-state index contributed by atoms with van der Waals surface area (Å²) in [5.74, 6) is 0.184. The third-order valence-electron chi connectivity index (χ3n) is 6.41. The summed E-state index contributed by atoms with van der Waals surface area (Å²) in [5.41, 5.74) is -1.77. The number of halogens is 4. The van der Waals surface area contributed by atoms with Crippen LogP contribution in [0.4, 0.5) is 17.6 Å². The zero-order chi connectivity index (χ0) is 27.1. The van der Waals surface area contributed by atoms with Crippen molar-refractivity contribution < 1.29 is 27.5 Å². The number of allylic oxidation sites excluding steroid dienone is 4.